The second kappa shape index (κ2) is 35.2. The maximum atomic E-state index is 13.4. The van der Waals surface area contributed by atoms with Gasteiger partial charge >= 0.3 is 0 Å². The molecule has 121 heavy (non-hydrogen) atoms. The molecule has 0 aliphatic carbocycles. The lowest BCUT2D eigenvalue weighted by molar-refractivity contribution is 0.0920. The van der Waals surface area contributed by atoms with Crippen LogP contribution in [0, 0.1) is 33.5 Å². The highest BCUT2D eigenvalue weighted by Gasteiger charge is 2.34. The molecule has 0 saturated carbocycles. The number of amides is 4. The maximum Gasteiger partial charge on any atom is 0.289 e. The van der Waals surface area contributed by atoms with Crippen LogP contribution in [-0.4, -0.2) is 159 Å². The van der Waals surface area contributed by atoms with Crippen LogP contribution < -0.4 is 44.2 Å². The van der Waals surface area contributed by atoms with Crippen LogP contribution >= 0.6 is 0 Å². The van der Waals surface area contributed by atoms with Crippen molar-refractivity contribution in [2.75, 3.05) is 49.1 Å². The quantitative estimate of drug-likeness (QED) is 0.0351. The van der Waals surface area contributed by atoms with Crippen LogP contribution in [0.3, 0.4) is 0 Å². The first-order valence-electron chi connectivity index (χ1n) is 38.3. The number of nitrogens with two attached hydrogens (primary N) is 4. The van der Waals surface area contributed by atoms with Gasteiger partial charge in [0.1, 0.15) is 89.2 Å². The molecule has 0 fully saturated rings. The number of carbonyl (C=O) groups excluding carboxylic acids is 4. The van der Waals surface area contributed by atoms with Crippen molar-refractivity contribution >= 4 is 91.0 Å². The number of fused-ring (bicyclic) bond motifs is 4. The third-order valence-corrected chi connectivity index (χ3v) is 19.8. The molecule has 4 amide bonds. The Morgan fingerprint density at radius 1 is 0.339 bits per heavy atom. The number of anilines is 4. The van der Waals surface area contributed by atoms with Crippen LogP contribution in [0.4, 0.5) is 27.7 Å². The molecule has 0 atom stereocenters. The highest BCUT2D eigenvalue weighted by molar-refractivity contribution is 6.02. The second-order valence-electron chi connectivity index (χ2n) is 31.1. The number of rotatable bonds is 20. The smallest absolute Gasteiger partial charge is 0.289 e. The molecule has 614 valence electrons. The summed E-state index contributed by atoms with van der Waals surface area (Å²) in [7, 11) is 0. The van der Waals surface area contributed by atoms with Crippen LogP contribution in [0.25, 0.3) is 89.2 Å². The highest BCUT2D eigenvalue weighted by Crippen LogP contribution is 2.38. The monoisotopic (exact) mass is 1620 g/mol. The van der Waals surface area contributed by atoms with Crippen LogP contribution in [0.1, 0.15) is 119 Å². The van der Waals surface area contributed by atoms with Gasteiger partial charge in [0.15, 0.2) is 22.6 Å². The summed E-state index contributed by atoms with van der Waals surface area (Å²) in [6.45, 7) is 24.9. The Labute approximate surface area is 693 Å². The number of aryl methyl sites for hydroxylation is 4. The number of nitrogens with one attached hydrogen (secondary N) is 4. The molecule has 16 rings (SSSR count). The minimum absolute atomic E-state index is 0.116. The van der Waals surface area contributed by atoms with E-state index < -0.39 is 28.0 Å². The largest absolute Gasteiger partial charge is 0.383 e. The van der Waals surface area contributed by atoms with E-state index >= 15 is 0 Å². The van der Waals surface area contributed by atoms with Crippen molar-refractivity contribution in [3.63, 3.8) is 0 Å². The molecule has 35 heteroatoms. The van der Waals surface area contributed by atoms with Gasteiger partial charge < -0.3 is 44.2 Å². The Morgan fingerprint density at radius 3 is 0.983 bits per heavy atom. The van der Waals surface area contributed by atoms with Crippen molar-refractivity contribution in [1.29, 1.82) is 0 Å². The van der Waals surface area contributed by atoms with E-state index in [0.717, 1.165) is 44.5 Å². The lowest BCUT2D eigenvalue weighted by Crippen LogP contribution is -2.42. The molecule has 16 aromatic rings. The zero-order valence-electron chi connectivity index (χ0n) is 68.5. The van der Waals surface area contributed by atoms with E-state index in [-0.39, 0.29) is 53.8 Å². The first-order valence-corrected chi connectivity index (χ1v) is 38.3. The molecule has 0 aliphatic heterocycles. The Hall–Kier alpha value is -15.5. The molecule has 11 aromatic heterocycles. The van der Waals surface area contributed by atoms with Gasteiger partial charge in [-0.3, -0.25) is 24.2 Å². The molecule has 0 spiro atoms. The lowest BCUT2D eigenvalue weighted by atomic mass is 10.1. The molecule has 0 aliphatic rings. The summed E-state index contributed by atoms with van der Waals surface area (Å²) in [5.41, 5.74) is 36.7. The molecule has 5 aromatic carbocycles. The van der Waals surface area contributed by atoms with E-state index in [2.05, 4.69) is 91.0 Å². The number of aromatic nitrogens is 22. The average molecular weight is 1630 g/mol. The van der Waals surface area contributed by atoms with E-state index in [1.54, 1.807) is 30.9 Å². The molecule has 0 bridgehead atoms. The number of carbonyl (C=O) groups is 4. The molecule has 11 heterocycles. The van der Waals surface area contributed by atoms with Gasteiger partial charge in [0.2, 0.25) is 5.82 Å². The number of halogens is 1. The molecule has 0 saturated heterocycles. The molecule has 0 radical (unpaired) electrons. The number of hydrogen-bond acceptors (Lipinski definition) is 26. The van der Waals surface area contributed by atoms with Crippen molar-refractivity contribution < 1.29 is 23.6 Å². The summed E-state index contributed by atoms with van der Waals surface area (Å²) < 4.78 is 20.6. The summed E-state index contributed by atoms with van der Waals surface area (Å²) in [6.07, 6.45) is 17.5. The van der Waals surface area contributed by atoms with E-state index in [9.17, 15) is 23.6 Å². The van der Waals surface area contributed by atoms with Gasteiger partial charge in [-0.25, -0.2) is 87.9 Å². The van der Waals surface area contributed by atoms with Crippen molar-refractivity contribution in [3.8, 4) is 45.0 Å². The van der Waals surface area contributed by atoms with Gasteiger partial charge in [0, 0.05) is 91.2 Å². The highest BCUT2D eigenvalue weighted by atomic mass is 19.1. The lowest BCUT2D eigenvalue weighted by Gasteiger charge is -2.26. The molecular weight excluding hydrogens is 1540 g/mol. The Morgan fingerprint density at radius 2 is 0.661 bits per heavy atom. The average Bonchev–Trinajstić information content (AvgIpc) is 1.62. The van der Waals surface area contributed by atoms with Crippen LogP contribution in [0.5, 0.6) is 0 Å². The molecular formula is C86H89FN30O4. The summed E-state index contributed by atoms with van der Waals surface area (Å²) in [4.78, 5) is 108. The fraction of sp³-hybridized carbons (Fsp3) is 0.233. The Kier molecular flexibility index (Phi) is 24.3. The fourth-order valence-corrected chi connectivity index (χ4v) is 13.0. The molecule has 34 nitrogen and oxygen atoms in total. The molecule has 0 unspecified atom stereocenters. The van der Waals surface area contributed by atoms with Crippen LogP contribution in [0.15, 0.2) is 202 Å². The van der Waals surface area contributed by atoms with E-state index in [1.807, 2.05) is 180 Å². The summed E-state index contributed by atoms with van der Waals surface area (Å²) in [6, 6.07) is 39.3. The number of nitrogens with zero attached hydrogens (tertiary/aromatic N) is 22. The minimum Gasteiger partial charge on any atom is -0.383 e. The molecule has 12 N–H and O–H groups in total. The van der Waals surface area contributed by atoms with Gasteiger partial charge in [-0.15, -0.1) is 0 Å². The van der Waals surface area contributed by atoms with Crippen molar-refractivity contribution in [1.82, 2.24) is 130 Å². The maximum absolute atomic E-state index is 13.4. The van der Waals surface area contributed by atoms with E-state index in [0.29, 0.717) is 109 Å². The topological polar surface area (TPSA) is 472 Å². The number of benzene rings is 5. The van der Waals surface area contributed by atoms with Gasteiger partial charge in [-0.1, -0.05) is 125 Å². The Bertz CT molecular complexity index is 5960. The predicted octanol–water partition coefficient (Wildman–Crippen LogP) is 10.7. The fourth-order valence-electron chi connectivity index (χ4n) is 13.0. The first kappa shape index (κ1) is 83.5. The number of nitrogen functional groups attached to an aromatic ring is 4. The Balaban J connectivity index is 0.000000139. The third kappa shape index (κ3) is 18.7. The normalized spacial score (nSPS) is 11.6. The summed E-state index contributed by atoms with van der Waals surface area (Å²) in [5.74, 6) is -0.195. The van der Waals surface area contributed by atoms with Gasteiger partial charge in [0.25, 0.3) is 23.6 Å². The van der Waals surface area contributed by atoms with Crippen molar-refractivity contribution in [2.24, 2.45) is 0 Å². The zero-order chi connectivity index (χ0) is 86.1. The van der Waals surface area contributed by atoms with Crippen LogP contribution in [0.2, 0.25) is 0 Å². The van der Waals surface area contributed by atoms with Crippen LogP contribution in [-0.2, 0) is 22.2 Å². The third-order valence-electron chi connectivity index (χ3n) is 19.8. The van der Waals surface area contributed by atoms with Gasteiger partial charge in [-0.05, 0) is 107 Å². The van der Waals surface area contributed by atoms with E-state index in [4.69, 9.17) is 43.3 Å². The predicted molar refractivity (Wildman–Crippen MR) is 459 cm³/mol. The van der Waals surface area contributed by atoms with Crippen molar-refractivity contribution in [2.45, 2.75) is 105 Å². The SMILES string of the molecule is Cc1ccc(-c2nn(C(C)(C)CNC(=O)c3cccc(F)c3)c3ncnc(N)c23)cc1.Cc1ccc(-c2nn(C(C)(C)CNC(=O)c3cnccn3)c3ncnc(N)c23)cc1.Cc1ccc(-c2nn(C(C)(C)CNC(=O)c3cncnc3)c3ncnc(N)c23)cc1.Cc1ccc(-c2nn(C(C)(C)CNC(=O)c3ncccn3)c3ncnc(N)c23)cc1. The van der Waals surface area contributed by atoms with Crippen molar-refractivity contribution in [3.05, 3.63) is 253 Å². The minimum atomic E-state index is -0.648. The van der Waals surface area contributed by atoms with E-state index in [1.165, 1.54) is 93.2 Å². The summed E-state index contributed by atoms with van der Waals surface area (Å²) >= 11 is 0. The first-order chi connectivity index (χ1) is 57.9. The van der Waals surface area contributed by atoms with Gasteiger partial charge in [-0.2, -0.15) is 20.4 Å². The standard InChI is InChI=1S/C23H23FN6O.3C21H22N8O/c1-14-7-9-15(10-8-14)19-18-20(25)27-13-28-21(18)30(29-19)23(2,3)12-26-22(31)16-5-4-6-17(24)11-16;1-13-5-7-14(8-6-13)16-15-17(22)26-12-27-19(15)29(28-16)21(2,3)11-25-20(30)18-23-9-4-10-24-18;1-13-4-6-14(7-5-13)17-16-18(22)26-12-27-19(16)29(28-17)21(2,3)10-25-20(30)15-8-23-11-24-9-15;1-13-4-6-14(7-5-13)17-16-18(22)26-12-27-19(16)29(28-17)21(2,3)11-25-20(30)15-10-23-8-9-24-15/h4-11,13H,12H2,1-3H3,(H,26,31)(H2,25,27,28);4-10,12H,11H2,1-3H3,(H,25,30)(H2,22,26,27);4-9,11-12H,10H2,1-3H3,(H,25,30)(H2,22,26,27);4-10,12H,11H2,1-3H3,(H,25,30)(H2,22,26,27). The van der Waals surface area contributed by atoms with Gasteiger partial charge in [0.05, 0.1) is 55.5 Å². The second-order valence-corrected chi connectivity index (χ2v) is 31.1. The summed E-state index contributed by atoms with van der Waals surface area (Å²) in [5, 5.41) is 33.6. The number of hydrogen-bond donors (Lipinski definition) is 8. The zero-order valence-corrected chi connectivity index (χ0v) is 68.5.